The Morgan fingerprint density at radius 2 is 2.32 bits per heavy atom. The van der Waals surface area contributed by atoms with E-state index in [1.54, 1.807) is 6.20 Å². The van der Waals surface area contributed by atoms with E-state index in [1.807, 2.05) is 46.0 Å². The third-order valence-electron chi connectivity index (χ3n) is 3.56. The summed E-state index contributed by atoms with van der Waals surface area (Å²) in [7, 11) is 0. The van der Waals surface area contributed by atoms with Gasteiger partial charge in [-0.1, -0.05) is 6.07 Å². The van der Waals surface area contributed by atoms with E-state index in [1.165, 1.54) is 0 Å². The number of rotatable bonds is 6. The van der Waals surface area contributed by atoms with Gasteiger partial charge in [0.1, 0.15) is 31.3 Å². The van der Waals surface area contributed by atoms with Crippen molar-refractivity contribution in [1.82, 2.24) is 14.2 Å². The number of pyridine rings is 1. The fourth-order valence-corrected chi connectivity index (χ4v) is 2.55. The van der Waals surface area contributed by atoms with Gasteiger partial charge in [-0.3, -0.25) is 0 Å². The smallest absolute Gasteiger partial charge is 0.243 e. The third kappa shape index (κ3) is 2.89. The molecule has 0 aliphatic carbocycles. The Labute approximate surface area is 128 Å². The molecular weight excluding hydrogens is 280 g/mol. The number of nitrogens with two attached hydrogens (primary N) is 1. The number of fused-ring (bicyclic) bond motifs is 1. The standard InChI is InChI=1S/C15H21N6O/c1-12(10-20-6-5-19(11-20)7-8-22)18-15-4-2-3-14-13(16)9-17-21(14)15/h2-6,9,11-12,18,22H,7-8,10,16H2,1H3/q+1. The maximum atomic E-state index is 8.95. The van der Waals surface area contributed by atoms with E-state index in [-0.39, 0.29) is 12.6 Å². The summed E-state index contributed by atoms with van der Waals surface area (Å²) in [6, 6.07) is 6.11. The Morgan fingerprint density at radius 1 is 1.45 bits per heavy atom. The van der Waals surface area contributed by atoms with Crippen molar-refractivity contribution in [3.8, 4) is 0 Å². The Bertz CT molecular complexity index is 762. The van der Waals surface area contributed by atoms with Gasteiger partial charge in [-0.15, -0.1) is 0 Å². The molecule has 0 aliphatic rings. The van der Waals surface area contributed by atoms with Gasteiger partial charge >= 0.3 is 0 Å². The first kappa shape index (κ1) is 14.4. The summed E-state index contributed by atoms with van der Waals surface area (Å²) in [6.45, 7) is 3.68. The minimum Gasteiger partial charge on any atom is -0.396 e. The highest BCUT2D eigenvalue weighted by Gasteiger charge is 2.11. The van der Waals surface area contributed by atoms with Gasteiger partial charge in [-0.2, -0.15) is 5.10 Å². The number of nitrogen functional groups attached to an aromatic ring is 1. The molecular formula is C15H21N6O+. The zero-order valence-electron chi connectivity index (χ0n) is 12.6. The molecule has 0 spiro atoms. The van der Waals surface area contributed by atoms with Gasteiger partial charge in [0.15, 0.2) is 0 Å². The van der Waals surface area contributed by atoms with E-state index < -0.39 is 0 Å². The average molecular weight is 301 g/mol. The number of nitrogens with zero attached hydrogens (tertiary/aromatic N) is 4. The van der Waals surface area contributed by atoms with E-state index in [4.69, 9.17) is 10.8 Å². The predicted molar refractivity (Wildman–Crippen MR) is 84.4 cm³/mol. The highest BCUT2D eigenvalue weighted by atomic mass is 16.3. The second-order valence-electron chi connectivity index (χ2n) is 5.43. The van der Waals surface area contributed by atoms with Crippen LogP contribution >= 0.6 is 0 Å². The van der Waals surface area contributed by atoms with Crippen molar-refractivity contribution in [2.75, 3.05) is 17.7 Å². The Morgan fingerprint density at radius 3 is 3.14 bits per heavy atom. The lowest BCUT2D eigenvalue weighted by molar-refractivity contribution is -0.697. The molecule has 3 rings (SSSR count). The topological polar surface area (TPSA) is 84.4 Å². The number of aliphatic hydroxyl groups excluding tert-OH is 1. The molecule has 0 fully saturated rings. The Kier molecular flexibility index (Phi) is 3.97. The summed E-state index contributed by atoms with van der Waals surface area (Å²) in [5, 5.41) is 16.7. The predicted octanol–water partition coefficient (Wildman–Crippen LogP) is 0.498. The highest BCUT2D eigenvalue weighted by molar-refractivity contribution is 5.70. The number of anilines is 2. The van der Waals surface area contributed by atoms with Crippen LogP contribution in [0.1, 0.15) is 6.92 Å². The van der Waals surface area contributed by atoms with Crippen LogP contribution < -0.4 is 15.6 Å². The molecule has 0 radical (unpaired) electrons. The number of aliphatic hydroxyl groups is 1. The molecule has 7 nitrogen and oxygen atoms in total. The highest BCUT2D eigenvalue weighted by Crippen LogP contribution is 2.17. The Balaban J connectivity index is 1.71. The van der Waals surface area contributed by atoms with Gasteiger partial charge in [0.05, 0.1) is 30.0 Å². The lowest BCUT2D eigenvalue weighted by Crippen LogP contribution is -2.40. The molecule has 7 heteroatoms. The molecule has 1 atom stereocenters. The second-order valence-corrected chi connectivity index (χ2v) is 5.43. The summed E-state index contributed by atoms with van der Waals surface area (Å²) < 4.78 is 5.86. The molecule has 1 unspecified atom stereocenters. The van der Waals surface area contributed by atoms with Crippen molar-refractivity contribution in [3.05, 3.63) is 43.1 Å². The number of hydrogen-bond acceptors (Lipinski definition) is 4. The van der Waals surface area contributed by atoms with E-state index in [9.17, 15) is 0 Å². The van der Waals surface area contributed by atoms with Crippen molar-refractivity contribution in [1.29, 1.82) is 0 Å². The van der Waals surface area contributed by atoms with Crippen molar-refractivity contribution >= 4 is 17.0 Å². The van der Waals surface area contributed by atoms with Crippen molar-refractivity contribution < 1.29 is 9.67 Å². The fraction of sp³-hybridized carbons (Fsp3) is 0.333. The van der Waals surface area contributed by atoms with Crippen LogP contribution in [0, 0.1) is 0 Å². The molecule has 3 heterocycles. The molecule has 0 saturated carbocycles. The first-order valence-corrected chi connectivity index (χ1v) is 7.32. The van der Waals surface area contributed by atoms with Crippen LogP contribution in [0.2, 0.25) is 0 Å². The molecule has 0 bridgehead atoms. The van der Waals surface area contributed by atoms with Crippen molar-refractivity contribution in [3.63, 3.8) is 0 Å². The number of nitrogens with one attached hydrogen (secondary N) is 1. The molecule has 3 aromatic rings. The van der Waals surface area contributed by atoms with Crippen molar-refractivity contribution in [2.24, 2.45) is 0 Å². The van der Waals surface area contributed by atoms with Gasteiger partial charge in [-0.05, 0) is 19.1 Å². The lowest BCUT2D eigenvalue weighted by Gasteiger charge is -2.14. The molecule has 0 aliphatic heterocycles. The lowest BCUT2D eigenvalue weighted by atomic mass is 10.3. The third-order valence-corrected chi connectivity index (χ3v) is 3.56. The average Bonchev–Trinajstić information content (AvgIpc) is 3.08. The van der Waals surface area contributed by atoms with Gasteiger partial charge < -0.3 is 16.2 Å². The first-order valence-electron chi connectivity index (χ1n) is 7.32. The molecule has 0 amide bonds. The van der Waals surface area contributed by atoms with Crippen LogP contribution in [0.4, 0.5) is 11.5 Å². The van der Waals surface area contributed by atoms with Crippen LogP contribution in [-0.4, -0.2) is 31.9 Å². The van der Waals surface area contributed by atoms with Gasteiger partial charge in [0.25, 0.3) is 0 Å². The van der Waals surface area contributed by atoms with E-state index >= 15 is 0 Å². The monoisotopic (exact) mass is 301 g/mol. The molecule has 3 aromatic heterocycles. The zero-order valence-corrected chi connectivity index (χ0v) is 12.6. The van der Waals surface area contributed by atoms with Gasteiger partial charge in [0.2, 0.25) is 6.33 Å². The maximum absolute atomic E-state index is 8.95. The van der Waals surface area contributed by atoms with E-state index in [0.717, 1.165) is 17.9 Å². The van der Waals surface area contributed by atoms with Crippen LogP contribution in [0.5, 0.6) is 0 Å². The minimum absolute atomic E-state index is 0.144. The summed E-state index contributed by atoms with van der Waals surface area (Å²) >= 11 is 0. The van der Waals surface area contributed by atoms with Crippen molar-refractivity contribution in [2.45, 2.75) is 26.1 Å². The molecule has 22 heavy (non-hydrogen) atoms. The molecule has 0 saturated heterocycles. The minimum atomic E-state index is 0.144. The van der Waals surface area contributed by atoms with Crippen LogP contribution in [0.3, 0.4) is 0 Å². The number of aromatic nitrogens is 4. The Hall–Kier alpha value is -2.54. The maximum Gasteiger partial charge on any atom is 0.243 e. The number of imidazole rings is 1. The summed E-state index contributed by atoms with van der Waals surface area (Å²) in [5.74, 6) is 0.914. The van der Waals surface area contributed by atoms with Gasteiger partial charge in [0, 0.05) is 0 Å². The summed E-state index contributed by atoms with van der Waals surface area (Å²) in [6.07, 6.45) is 7.61. The summed E-state index contributed by atoms with van der Waals surface area (Å²) in [5.41, 5.74) is 7.47. The second kappa shape index (κ2) is 6.07. The first-order chi connectivity index (χ1) is 10.7. The largest absolute Gasteiger partial charge is 0.396 e. The zero-order chi connectivity index (χ0) is 15.5. The molecule has 4 N–H and O–H groups in total. The molecule has 116 valence electrons. The van der Waals surface area contributed by atoms with Gasteiger partial charge in [-0.25, -0.2) is 13.6 Å². The van der Waals surface area contributed by atoms with E-state index in [0.29, 0.717) is 12.2 Å². The van der Waals surface area contributed by atoms with Crippen LogP contribution in [0.15, 0.2) is 43.1 Å². The SMILES string of the molecule is CC(C[n+]1ccn(CCO)c1)Nc1cccc2c(N)cnn12. The van der Waals surface area contributed by atoms with Crippen LogP contribution in [-0.2, 0) is 13.1 Å². The van der Waals surface area contributed by atoms with Crippen LogP contribution in [0.25, 0.3) is 5.52 Å². The molecule has 0 aromatic carbocycles. The van der Waals surface area contributed by atoms with E-state index in [2.05, 4.69) is 21.9 Å². The fourth-order valence-electron chi connectivity index (χ4n) is 2.55. The summed E-state index contributed by atoms with van der Waals surface area (Å²) in [4.78, 5) is 0. The normalized spacial score (nSPS) is 12.6. The number of hydrogen-bond donors (Lipinski definition) is 3. The quantitative estimate of drug-likeness (QED) is 0.579.